The minimum absolute atomic E-state index is 0.116. The molecule has 0 spiro atoms. The zero-order chi connectivity index (χ0) is 28.0. The summed E-state index contributed by atoms with van der Waals surface area (Å²) in [6.45, 7) is 6.89. The molecule has 7 rings (SSSR count). The first-order chi connectivity index (χ1) is 19.2. The quantitative estimate of drug-likeness (QED) is 0.383. The number of anilines is 1. The molecule has 1 aromatic carbocycles. The van der Waals surface area contributed by atoms with Crippen LogP contribution in [0.1, 0.15) is 37.1 Å². The van der Waals surface area contributed by atoms with Gasteiger partial charge in [-0.05, 0) is 51.0 Å². The Bertz CT molecular complexity index is 1590. The van der Waals surface area contributed by atoms with E-state index in [9.17, 15) is 15.2 Å². The van der Waals surface area contributed by atoms with Crippen molar-refractivity contribution in [3.8, 4) is 22.9 Å². The lowest BCUT2D eigenvalue weighted by molar-refractivity contribution is -0.145. The number of amides is 1. The smallest absolute Gasteiger partial charge is 0.227 e. The van der Waals surface area contributed by atoms with Crippen LogP contribution in [0, 0.1) is 18.3 Å². The van der Waals surface area contributed by atoms with Crippen molar-refractivity contribution in [3.63, 3.8) is 0 Å². The van der Waals surface area contributed by atoms with Crippen molar-refractivity contribution in [1.82, 2.24) is 19.5 Å². The summed E-state index contributed by atoms with van der Waals surface area (Å²) in [5, 5.41) is 24.3. The van der Waals surface area contributed by atoms with Crippen LogP contribution in [-0.4, -0.2) is 67.9 Å². The van der Waals surface area contributed by atoms with E-state index < -0.39 is 5.60 Å². The van der Waals surface area contributed by atoms with E-state index in [4.69, 9.17) is 9.72 Å². The van der Waals surface area contributed by atoms with Gasteiger partial charge in [-0.25, -0.2) is 9.50 Å². The van der Waals surface area contributed by atoms with E-state index in [0.29, 0.717) is 23.3 Å². The minimum Gasteiger partial charge on any atom is -0.489 e. The normalized spacial score (nSPS) is 18.4. The topological polar surface area (TPSA) is 107 Å². The number of carbonyl (C=O) groups is 1. The first kappa shape index (κ1) is 25.8. The van der Waals surface area contributed by atoms with Crippen LogP contribution in [0.15, 0.2) is 60.9 Å². The van der Waals surface area contributed by atoms with Crippen LogP contribution < -0.4 is 9.64 Å². The first-order valence-corrected chi connectivity index (χ1v) is 13.5. The van der Waals surface area contributed by atoms with Gasteiger partial charge in [0.1, 0.15) is 24.2 Å². The zero-order valence-electron chi connectivity index (χ0n) is 22.9. The molecule has 3 aliphatic rings. The number of pyridine rings is 2. The molecule has 6 heterocycles. The molecule has 9 heteroatoms. The van der Waals surface area contributed by atoms with Crippen LogP contribution >= 0.6 is 0 Å². The molecule has 0 aliphatic carbocycles. The molecule has 4 aromatic rings. The minimum atomic E-state index is -0.996. The van der Waals surface area contributed by atoms with Crippen LogP contribution in [0.25, 0.3) is 16.6 Å². The molecule has 2 atom stereocenters. The molecule has 2 unspecified atom stereocenters. The average Bonchev–Trinajstić information content (AvgIpc) is 3.38. The number of aromatic nitrogens is 3. The van der Waals surface area contributed by atoms with E-state index in [1.165, 1.54) is 0 Å². The first-order valence-electron chi connectivity index (χ1n) is 13.5. The number of hydrogen-bond donors (Lipinski definition) is 1. The maximum Gasteiger partial charge on any atom is 0.227 e. The van der Waals surface area contributed by atoms with Crippen molar-refractivity contribution in [2.75, 3.05) is 24.6 Å². The van der Waals surface area contributed by atoms with E-state index in [1.807, 2.05) is 61.7 Å². The van der Waals surface area contributed by atoms with Crippen LogP contribution in [-0.2, 0) is 11.2 Å². The van der Waals surface area contributed by atoms with Gasteiger partial charge in [0.2, 0.25) is 5.91 Å². The number of aryl methyl sites for hydroxylation is 1. The predicted octanol–water partition coefficient (Wildman–Crippen LogP) is 3.76. The summed E-state index contributed by atoms with van der Waals surface area (Å²) in [5.74, 6) is 1.64. The van der Waals surface area contributed by atoms with E-state index >= 15 is 0 Å². The second-order valence-corrected chi connectivity index (χ2v) is 11.4. The Morgan fingerprint density at radius 3 is 2.55 bits per heavy atom. The molecule has 3 aromatic heterocycles. The second kappa shape index (κ2) is 9.96. The van der Waals surface area contributed by atoms with E-state index in [0.717, 1.165) is 47.7 Å². The van der Waals surface area contributed by atoms with E-state index in [-0.39, 0.29) is 24.6 Å². The monoisotopic (exact) mass is 536 g/mol. The van der Waals surface area contributed by atoms with E-state index in [1.54, 1.807) is 24.6 Å². The van der Waals surface area contributed by atoms with Crippen molar-refractivity contribution in [3.05, 3.63) is 77.7 Å². The fourth-order valence-electron chi connectivity index (χ4n) is 5.77. The molecule has 40 heavy (non-hydrogen) atoms. The Hall–Kier alpha value is -4.42. The molecular formula is C31H32N6O3. The van der Waals surface area contributed by atoms with Gasteiger partial charge in [-0.2, -0.15) is 10.4 Å². The number of nitriles is 1. The average molecular weight is 537 g/mol. The summed E-state index contributed by atoms with van der Waals surface area (Å²) in [6, 6.07) is 18.4. The summed E-state index contributed by atoms with van der Waals surface area (Å²) in [4.78, 5) is 22.1. The van der Waals surface area contributed by atoms with Gasteiger partial charge in [0.15, 0.2) is 0 Å². The van der Waals surface area contributed by atoms with Crippen LogP contribution in [0.2, 0.25) is 0 Å². The number of carbonyl (C=O) groups excluding carboxylic acids is 1. The Morgan fingerprint density at radius 1 is 1.15 bits per heavy atom. The largest absolute Gasteiger partial charge is 0.489 e. The molecule has 3 fully saturated rings. The SMILES string of the molecule is Cc1c(OCC(C)(C)O)cc(-c2ccc(N3CC4CC(C3)N4C(=O)Cc3ccccc3)nc2)c2c(C#N)cnn12. The van der Waals surface area contributed by atoms with Gasteiger partial charge < -0.3 is 19.6 Å². The van der Waals surface area contributed by atoms with Crippen molar-refractivity contribution in [2.45, 2.75) is 51.3 Å². The maximum atomic E-state index is 13.0. The van der Waals surface area contributed by atoms with Gasteiger partial charge in [0.25, 0.3) is 0 Å². The zero-order valence-corrected chi connectivity index (χ0v) is 22.9. The number of hydrogen-bond acceptors (Lipinski definition) is 7. The molecule has 204 valence electrons. The molecule has 0 saturated carbocycles. The highest BCUT2D eigenvalue weighted by Crippen LogP contribution is 2.37. The molecule has 1 N–H and O–H groups in total. The summed E-state index contributed by atoms with van der Waals surface area (Å²) < 4.78 is 7.67. The Morgan fingerprint density at radius 2 is 1.90 bits per heavy atom. The fourth-order valence-corrected chi connectivity index (χ4v) is 5.77. The summed E-state index contributed by atoms with van der Waals surface area (Å²) >= 11 is 0. The Kier molecular flexibility index (Phi) is 6.43. The Labute approximate surface area is 233 Å². The van der Waals surface area contributed by atoms with Gasteiger partial charge in [-0.15, -0.1) is 0 Å². The summed E-state index contributed by atoms with van der Waals surface area (Å²) in [7, 11) is 0. The van der Waals surface area contributed by atoms with Crippen molar-refractivity contribution < 1.29 is 14.6 Å². The molecule has 3 saturated heterocycles. The number of benzene rings is 1. The highest BCUT2D eigenvalue weighted by Gasteiger charge is 2.47. The number of ether oxygens (including phenoxy) is 1. The van der Waals surface area contributed by atoms with Crippen molar-refractivity contribution in [2.24, 2.45) is 0 Å². The third kappa shape index (κ3) is 4.75. The standard InChI is InChI=1S/C31H32N6O3/c1-20-27(40-19-31(2,3)39)13-26(30-23(14-32)16-34-37(20)30)22-9-10-28(33-15-22)35-17-24-12-25(18-35)36(24)29(38)11-21-7-5-4-6-8-21/h4-10,13,15-16,24-25,39H,11-12,17-19H2,1-3H3. The molecular weight excluding hydrogens is 504 g/mol. The number of piperidine rings is 1. The Balaban J connectivity index is 1.22. The van der Waals surface area contributed by atoms with Gasteiger partial charge in [0, 0.05) is 30.4 Å². The van der Waals surface area contributed by atoms with Crippen LogP contribution in [0.4, 0.5) is 5.82 Å². The predicted molar refractivity (Wildman–Crippen MR) is 151 cm³/mol. The lowest BCUT2D eigenvalue weighted by Crippen LogP contribution is -2.70. The highest BCUT2D eigenvalue weighted by atomic mass is 16.5. The number of aliphatic hydroxyl groups is 1. The molecule has 0 radical (unpaired) electrons. The van der Waals surface area contributed by atoms with Gasteiger partial charge in [0.05, 0.1) is 47.1 Å². The lowest BCUT2D eigenvalue weighted by atomic mass is 9.86. The highest BCUT2D eigenvalue weighted by molar-refractivity contribution is 5.86. The second-order valence-electron chi connectivity index (χ2n) is 11.4. The molecule has 1 amide bonds. The van der Waals surface area contributed by atoms with E-state index in [2.05, 4.69) is 21.0 Å². The maximum absolute atomic E-state index is 13.0. The number of rotatable bonds is 7. The third-order valence-electron chi connectivity index (χ3n) is 7.74. The fraction of sp³-hybridized carbons (Fsp3) is 0.355. The number of fused-ring (bicyclic) bond motifs is 3. The number of piperazine rings is 1. The molecule has 3 aliphatic heterocycles. The van der Waals surface area contributed by atoms with Crippen LogP contribution in [0.5, 0.6) is 5.75 Å². The summed E-state index contributed by atoms with van der Waals surface area (Å²) in [5.41, 5.74) is 3.56. The third-order valence-corrected chi connectivity index (χ3v) is 7.74. The number of nitrogens with zero attached hydrogens (tertiary/aromatic N) is 6. The van der Waals surface area contributed by atoms with Crippen molar-refractivity contribution >= 4 is 17.2 Å². The van der Waals surface area contributed by atoms with Gasteiger partial charge in [-0.1, -0.05) is 30.3 Å². The molecule has 2 bridgehead atoms. The van der Waals surface area contributed by atoms with Crippen LogP contribution in [0.3, 0.4) is 0 Å². The molecule has 9 nitrogen and oxygen atoms in total. The lowest BCUT2D eigenvalue weighted by Gasteiger charge is -2.56. The van der Waals surface area contributed by atoms with Crippen molar-refractivity contribution in [1.29, 1.82) is 5.26 Å². The van der Waals surface area contributed by atoms with Gasteiger partial charge >= 0.3 is 0 Å². The van der Waals surface area contributed by atoms with Gasteiger partial charge in [-0.3, -0.25) is 4.79 Å². The summed E-state index contributed by atoms with van der Waals surface area (Å²) in [6.07, 6.45) is 4.83.